The fourth-order valence-electron chi connectivity index (χ4n) is 0.635. The first-order valence-electron chi connectivity index (χ1n) is 3.19. The van der Waals surface area contributed by atoms with Gasteiger partial charge in [0.2, 0.25) is 0 Å². The predicted octanol–water partition coefficient (Wildman–Crippen LogP) is 1.98. The van der Waals surface area contributed by atoms with Gasteiger partial charge in [-0.25, -0.2) is 4.79 Å². The highest BCUT2D eigenvalue weighted by Crippen LogP contribution is 2.08. The Morgan fingerprint density at radius 2 is 2.20 bits per heavy atom. The van der Waals surface area contributed by atoms with Crippen LogP contribution in [0.2, 0.25) is 0 Å². The molecule has 2 heteroatoms. The van der Waals surface area contributed by atoms with Gasteiger partial charge in [-0.1, -0.05) is 25.2 Å². The molecule has 0 unspecified atom stereocenters. The van der Waals surface area contributed by atoms with E-state index in [2.05, 4.69) is 6.58 Å². The molecule has 0 heterocycles. The lowest BCUT2D eigenvalue weighted by molar-refractivity contribution is -0.132. The average Bonchev–Trinajstić information content (AvgIpc) is 1.88. The molecule has 0 rings (SSSR count). The van der Waals surface area contributed by atoms with E-state index in [9.17, 15) is 4.79 Å². The number of carboxylic acid groups (broad SMARTS) is 1. The first-order valence-corrected chi connectivity index (χ1v) is 3.19. The largest absolute Gasteiger partial charge is 0.478 e. The summed E-state index contributed by atoms with van der Waals surface area (Å²) in [5.74, 6) is -0.894. The van der Waals surface area contributed by atoms with Gasteiger partial charge < -0.3 is 5.11 Å². The minimum atomic E-state index is -0.894. The molecular weight excluding hydrogens is 128 g/mol. The molecule has 2 nitrogen and oxygen atoms in total. The van der Waals surface area contributed by atoms with Crippen molar-refractivity contribution in [1.82, 2.24) is 0 Å². The number of allylic oxidation sites excluding steroid dienone is 1. The highest BCUT2D eigenvalue weighted by atomic mass is 16.4. The molecule has 0 amide bonds. The summed E-state index contributed by atoms with van der Waals surface area (Å²) in [4.78, 5) is 10.4. The van der Waals surface area contributed by atoms with E-state index in [-0.39, 0.29) is 0 Å². The third kappa shape index (κ3) is 2.05. The zero-order valence-electron chi connectivity index (χ0n) is 6.35. The Balaban J connectivity index is 4.62. The van der Waals surface area contributed by atoms with Crippen LogP contribution in [0.3, 0.4) is 0 Å². The van der Waals surface area contributed by atoms with Gasteiger partial charge in [0.15, 0.2) is 0 Å². The molecule has 0 saturated heterocycles. The predicted molar refractivity (Wildman–Crippen MR) is 40.8 cm³/mol. The molecule has 0 atom stereocenters. The molecule has 56 valence electrons. The summed E-state index contributed by atoms with van der Waals surface area (Å²) in [6, 6.07) is 0. The third-order valence-corrected chi connectivity index (χ3v) is 1.42. The molecular formula is C8H12O2. The van der Waals surface area contributed by atoms with Crippen molar-refractivity contribution in [3.63, 3.8) is 0 Å². The minimum absolute atomic E-state index is 0.322. The molecule has 0 saturated carbocycles. The summed E-state index contributed by atoms with van der Waals surface area (Å²) in [6.07, 6.45) is 2.13. The van der Waals surface area contributed by atoms with Gasteiger partial charge in [-0.15, -0.1) is 0 Å². The van der Waals surface area contributed by atoms with E-state index < -0.39 is 5.97 Å². The van der Waals surface area contributed by atoms with E-state index in [1.54, 1.807) is 6.92 Å². The van der Waals surface area contributed by atoms with Crippen LogP contribution in [0, 0.1) is 0 Å². The van der Waals surface area contributed by atoms with Crippen LogP contribution in [0.4, 0.5) is 0 Å². The minimum Gasteiger partial charge on any atom is -0.478 e. The molecule has 0 aliphatic rings. The molecule has 0 spiro atoms. The topological polar surface area (TPSA) is 37.3 Å². The highest BCUT2D eigenvalue weighted by molar-refractivity contribution is 5.90. The molecule has 1 N–H and O–H groups in total. The van der Waals surface area contributed by atoms with E-state index in [1.807, 2.05) is 6.92 Å². The zero-order chi connectivity index (χ0) is 8.15. The molecule has 0 aromatic carbocycles. The van der Waals surface area contributed by atoms with E-state index in [0.29, 0.717) is 5.57 Å². The molecule has 0 aromatic rings. The molecule has 0 radical (unpaired) electrons. The SMILES string of the molecule is C=C/C(C(=O)O)=C(/C)CC. The second-order valence-electron chi connectivity index (χ2n) is 2.06. The summed E-state index contributed by atoms with van der Waals surface area (Å²) in [7, 11) is 0. The molecule has 0 aliphatic carbocycles. The third-order valence-electron chi connectivity index (χ3n) is 1.42. The number of rotatable bonds is 3. The van der Waals surface area contributed by atoms with Crippen molar-refractivity contribution in [2.45, 2.75) is 20.3 Å². The van der Waals surface area contributed by atoms with Gasteiger partial charge in [-0.2, -0.15) is 0 Å². The number of hydrogen-bond donors (Lipinski definition) is 1. The van der Waals surface area contributed by atoms with Crippen molar-refractivity contribution < 1.29 is 9.90 Å². The monoisotopic (exact) mass is 140 g/mol. The summed E-state index contributed by atoms with van der Waals surface area (Å²) >= 11 is 0. The first-order chi connectivity index (χ1) is 4.63. The Morgan fingerprint density at radius 1 is 1.70 bits per heavy atom. The van der Waals surface area contributed by atoms with Crippen LogP contribution in [0.5, 0.6) is 0 Å². The van der Waals surface area contributed by atoms with E-state index in [0.717, 1.165) is 12.0 Å². The lowest BCUT2D eigenvalue weighted by Crippen LogP contribution is -1.99. The summed E-state index contributed by atoms with van der Waals surface area (Å²) in [5, 5.41) is 8.55. The van der Waals surface area contributed by atoms with Crippen LogP contribution in [0.1, 0.15) is 20.3 Å². The van der Waals surface area contributed by atoms with Gasteiger partial charge >= 0.3 is 5.97 Å². The fraction of sp³-hybridized carbons (Fsp3) is 0.375. The maximum atomic E-state index is 10.4. The number of aliphatic carboxylic acids is 1. The first kappa shape index (κ1) is 8.95. The zero-order valence-corrected chi connectivity index (χ0v) is 6.35. The highest BCUT2D eigenvalue weighted by Gasteiger charge is 2.04. The van der Waals surface area contributed by atoms with E-state index in [4.69, 9.17) is 5.11 Å². The van der Waals surface area contributed by atoms with Gasteiger partial charge in [0.05, 0.1) is 5.57 Å². The second kappa shape index (κ2) is 3.88. The lowest BCUT2D eigenvalue weighted by atomic mass is 10.1. The van der Waals surface area contributed by atoms with Gasteiger partial charge in [0, 0.05) is 0 Å². The number of carboxylic acids is 1. The number of hydrogen-bond acceptors (Lipinski definition) is 1. The Morgan fingerprint density at radius 3 is 2.30 bits per heavy atom. The Hall–Kier alpha value is -1.05. The van der Waals surface area contributed by atoms with Crippen molar-refractivity contribution in [3.8, 4) is 0 Å². The van der Waals surface area contributed by atoms with Crippen LogP contribution < -0.4 is 0 Å². The maximum absolute atomic E-state index is 10.4. The smallest absolute Gasteiger partial charge is 0.335 e. The molecule has 0 fully saturated rings. The van der Waals surface area contributed by atoms with Crippen LogP contribution >= 0.6 is 0 Å². The van der Waals surface area contributed by atoms with E-state index >= 15 is 0 Å². The van der Waals surface area contributed by atoms with Gasteiger partial charge in [0.1, 0.15) is 0 Å². The van der Waals surface area contributed by atoms with Crippen LogP contribution in [-0.2, 0) is 4.79 Å². The summed E-state index contributed by atoms with van der Waals surface area (Å²) in [5.41, 5.74) is 1.19. The van der Waals surface area contributed by atoms with Crippen LogP contribution in [0.25, 0.3) is 0 Å². The van der Waals surface area contributed by atoms with Crippen molar-refractivity contribution in [3.05, 3.63) is 23.8 Å². The lowest BCUT2D eigenvalue weighted by Gasteiger charge is -1.98. The van der Waals surface area contributed by atoms with Crippen LogP contribution in [-0.4, -0.2) is 11.1 Å². The van der Waals surface area contributed by atoms with Crippen molar-refractivity contribution >= 4 is 5.97 Å². The second-order valence-corrected chi connectivity index (χ2v) is 2.06. The molecule has 0 bridgehead atoms. The Labute approximate surface area is 60.9 Å². The van der Waals surface area contributed by atoms with Crippen LogP contribution in [0.15, 0.2) is 23.8 Å². The van der Waals surface area contributed by atoms with Gasteiger partial charge in [-0.3, -0.25) is 0 Å². The van der Waals surface area contributed by atoms with Crippen molar-refractivity contribution in [1.29, 1.82) is 0 Å². The summed E-state index contributed by atoms with van der Waals surface area (Å²) < 4.78 is 0. The average molecular weight is 140 g/mol. The molecule has 0 aliphatic heterocycles. The van der Waals surface area contributed by atoms with Crippen molar-refractivity contribution in [2.24, 2.45) is 0 Å². The molecule has 10 heavy (non-hydrogen) atoms. The fourth-order valence-corrected chi connectivity index (χ4v) is 0.635. The van der Waals surface area contributed by atoms with Gasteiger partial charge in [0.25, 0.3) is 0 Å². The summed E-state index contributed by atoms with van der Waals surface area (Å²) in [6.45, 7) is 7.13. The standard InChI is InChI=1S/C8H12O2/c1-4-6(3)7(5-2)8(9)10/h5H,2,4H2,1,3H3,(H,9,10)/b7-6+. The molecule has 0 aromatic heterocycles. The quantitative estimate of drug-likeness (QED) is 0.480. The van der Waals surface area contributed by atoms with E-state index in [1.165, 1.54) is 6.08 Å². The Bertz CT molecular complexity index is 178. The Kier molecular flexibility index (Phi) is 3.47. The maximum Gasteiger partial charge on any atom is 0.335 e. The number of carbonyl (C=O) groups is 1. The van der Waals surface area contributed by atoms with Gasteiger partial charge in [-0.05, 0) is 13.3 Å². The van der Waals surface area contributed by atoms with Crippen molar-refractivity contribution in [2.75, 3.05) is 0 Å². The normalized spacial score (nSPS) is 12.2.